The van der Waals surface area contributed by atoms with Crippen LogP contribution in [0.25, 0.3) is 33.8 Å². The van der Waals surface area contributed by atoms with Crippen LogP contribution < -0.4 is 15.9 Å². The molecule has 0 aliphatic rings. The highest BCUT2D eigenvalue weighted by molar-refractivity contribution is 6.30. The number of halogens is 2. The van der Waals surface area contributed by atoms with Gasteiger partial charge in [0.15, 0.2) is 5.82 Å². The molecule has 7 nitrogen and oxygen atoms in total. The van der Waals surface area contributed by atoms with Gasteiger partial charge < -0.3 is 4.74 Å². The molecule has 9 heteroatoms. The number of nitrogens with zero attached hydrogens (tertiary/aromatic N) is 4. The van der Waals surface area contributed by atoms with Crippen molar-refractivity contribution in [2.45, 2.75) is 0 Å². The number of benzene rings is 2. The van der Waals surface area contributed by atoms with Crippen LogP contribution in [0.1, 0.15) is 0 Å². The molecule has 168 valence electrons. The van der Waals surface area contributed by atoms with E-state index in [9.17, 15) is 9.59 Å². The smallest absolute Gasteiger partial charge is 0.267 e. The zero-order valence-corrected chi connectivity index (χ0v) is 18.5. The normalized spacial score (nSPS) is 11.0. The first-order valence-corrected chi connectivity index (χ1v) is 10.5. The maximum Gasteiger partial charge on any atom is 0.267 e. The number of fused-ring (bicyclic) bond motifs is 1. The van der Waals surface area contributed by atoms with Crippen molar-refractivity contribution in [3.8, 4) is 28.6 Å². The Bertz CT molecular complexity index is 1660. The van der Waals surface area contributed by atoms with Crippen molar-refractivity contribution in [3.63, 3.8) is 0 Å². The second kappa shape index (κ2) is 8.57. The van der Waals surface area contributed by atoms with Crippen molar-refractivity contribution in [1.29, 1.82) is 0 Å². The summed E-state index contributed by atoms with van der Waals surface area (Å²) in [5.41, 5.74) is 0.0372. The lowest BCUT2D eigenvalue weighted by Gasteiger charge is -2.15. The third-order valence-electron chi connectivity index (χ3n) is 5.31. The van der Waals surface area contributed by atoms with Crippen LogP contribution in [0.3, 0.4) is 0 Å². The lowest BCUT2D eigenvalue weighted by atomic mass is 10.1. The van der Waals surface area contributed by atoms with Crippen molar-refractivity contribution >= 4 is 22.5 Å². The number of ether oxygens (including phenoxy) is 1. The van der Waals surface area contributed by atoms with E-state index in [0.717, 1.165) is 0 Å². The molecule has 2 aromatic carbocycles. The van der Waals surface area contributed by atoms with Gasteiger partial charge in [-0.2, -0.15) is 0 Å². The highest BCUT2D eigenvalue weighted by Gasteiger charge is 2.19. The van der Waals surface area contributed by atoms with E-state index in [1.54, 1.807) is 54.7 Å². The molecule has 3 heterocycles. The molecule has 0 saturated heterocycles. The Morgan fingerprint density at radius 3 is 2.56 bits per heavy atom. The summed E-state index contributed by atoms with van der Waals surface area (Å²) < 4.78 is 23.2. The molecule has 0 radical (unpaired) electrons. The van der Waals surface area contributed by atoms with Crippen molar-refractivity contribution in [1.82, 2.24) is 19.1 Å². The largest absolute Gasteiger partial charge is 0.497 e. The van der Waals surface area contributed by atoms with Crippen molar-refractivity contribution in [3.05, 3.63) is 111 Å². The summed E-state index contributed by atoms with van der Waals surface area (Å²) in [6.07, 6.45) is 2.94. The van der Waals surface area contributed by atoms with Gasteiger partial charge in [0.2, 0.25) is 0 Å². The van der Waals surface area contributed by atoms with Crippen molar-refractivity contribution in [2.75, 3.05) is 7.11 Å². The number of methoxy groups -OCH3 is 1. The summed E-state index contributed by atoms with van der Waals surface area (Å²) in [7, 11) is 1.50. The molecule has 0 amide bonds. The van der Waals surface area contributed by atoms with E-state index < -0.39 is 11.4 Å². The van der Waals surface area contributed by atoms with E-state index in [1.165, 1.54) is 40.6 Å². The van der Waals surface area contributed by atoms with Crippen molar-refractivity contribution < 1.29 is 9.13 Å². The van der Waals surface area contributed by atoms with Gasteiger partial charge in [-0.3, -0.25) is 14.2 Å². The van der Waals surface area contributed by atoms with Crippen LogP contribution in [0.4, 0.5) is 4.39 Å². The first-order valence-electron chi connectivity index (χ1n) is 10.2. The average Bonchev–Trinajstić information content (AvgIpc) is 2.85. The summed E-state index contributed by atoms with van der Waals surface area (Å²) in [5, 5.41) is 0.672. The fourth-order valence-corrected chi connectivity index (χ4v) is 3.77. The van der Waals surface area contributed by atoms with Gasteiger partial charge in [0.1, 0.15) is 17.4 Å². The number of pyridine rings is 2. The highest BCUT2D eigenvalue weighted by atomic mass is 35.5. The van der Waals surface area contributed by atoms with E-state index in [0.29, 0.717) is 22.0 Å². The van der Waals surface area contributed by atoms with Crippen LogP contribution in [-0.2, 0) is 0 Å². The van der Waals surface area contributed by atoms with Crippen LogP contribution in [0.15, 0.2) is 88.7 Å². The average molecular weight is 475 g/mol. The third-order valence-corrected chi connectivity index (χ3v) is 5.53. The summed E-state index contributed by atoms with van der Waals surface area (Å²) in [6.45, 7) is 0. The predicted octanol–water partition coefficient (Wildman–Crippen LogP) is 4.40. The van der Waals surface area contributed by atoms with Crippen LogP contribution in [-0.4, -0.2) is 26.2 Å². The molecule has 0 aliphatic carbocycles. The Hall–Kier alpha value is -4.30. The van der Waals surface area contributed by atoms with E-state index in [2.05, 4.69) is 9.97 Å². The maximum absolute atomic E-state index is 15.4. The molecule has 0 spiro atoms. The Kier molecular flexibility index (Phi) is 5.43. The molecule has 0 atom stereocenters. The van der Waals surface area contributed by atoms with Gasteiger partial charge in [0.05, 0.1) is 34.3 Å². The third kappa shape index (κ3) is 3.74. The summed E-state index contributed by atoms with van der Waals surface area (Å²) in [5.74, 6) is 0.112. The fraction of sp³-hybridized carbons (Fsp3) is 0.0400. The van der Waals surface area contributed by atoms with Crippen molar-refractivity contribution in [2.24, 2.45) is 0 Å². The maximum atomic E-state index is 15.4. The highest BCUT2D eigenvalue weighted by Crippen LogP contribution is 2.27. The molecule has 0 fully saturated rings. The first kappa shape index (κ1) is 21.5. The molecule has 0 bridgehead atoms. The Labute approximate surface area is 197 Å². The molecule has 0 saturated carbocycles. The molecule has 34 heavy (non-hydrogen) atoms. The molecular formula is C25H16ClFN4O3. The molecule has 3 aromatic heterocycles. The first-order chi connectivity index (χ1) is 16.5. The van der Waals surface area contributed by atoms with E-state index in [-0.39, 0.29) is 28.2 Å². The summed E-state index contributed by atoms with van der Waals surface area (Å²) in [6, 6.07) is 17.0. The molecule has 5 aromatic rings. The zero-order valence-electron chi connectivity index (χ0n) is 17.8. The van der Waals surface area contributed by atoms with Crippen LogP contribution in [0, 0.1) is 5.82 Å². The summed E-state index contributed by atoms with van der Waals surface area (Å²) in [4.78, 5) is 34.5. The molecule has 5 rings (SSSR count). The van der Waals surface area contributed by atoms with E-state index >= 15 is 4.39 Å². The van der Waals surface area contributed by atoms with E-state index in [1.807, 2.05) is 0 Å². The number of hydrogen-bond acceptors (Lipinski definition) is 5. The van der Waals surface area contributed by atoms with Gasteiger partial charge in [0.25, 0.3) is 11.1 Å². The second-order valence-corrected chi connectivity index (χ2v) is 7.80. The van der Waals surface area contributed by atoms with E-state index in [4.69, 9.17) is 16.3 Å². The Morgan fingerprint density at radius 2 is 1.85 bits per heavy atom. The minimum Gasteiger partial charge on any atom is -0.497 e. The molecule has 0 N–H and O–H groups in total. The van der Waals surface area contributed by atoms with Crippen LogP contribution in [0.5, 0.6) is 5.75 Å². The number of rotatable bonds is 4. The zero-order chi connectivity index (χ0) is 23.8. The molecular weight excluding hydrogens is 459 g/mol. The minimum atomic E-state index is -0.657. The van der Waals surface area contributed by atoms with Gasteiger partial charge >= 0.3 is 0 Å². The van der Waals surface area contributed by atoms with Gasteiger partial charge in [-0.25, -0.2) is 18.9 Å². The minimum absolute atomic E-state index is 0.0574. The lowest BCUT2D eigenvalue weighted by Crippen LogP contribution is -2.23. The van der Waals surface area contributed by atoms with Gasteiger partial charge in [-0.1, -0.05) is 17.7 Å². The standard InChI is InChI=1S/C25H16ClFN4O3/c1-34-17-7-9-21-19(13-17)25(33)31(22-10-5-15(26)14-28-22)24(29-21)18-8-6-16(12-20(18)27)30-11-3-2-4-23(30)32/h2-14H,1H3. The quantitative estimate of drug-likeness (QED) is 0.386. The lowest BCUT2D eigenvalue weighted by molar-refractivity contribution is 0.415. The van der Waals surface area contributed by atoms with Crippen LogP contribution >= 0.6 is 11.6 Å². The van der Waals surface area contributed by atoms with Crippen LogP contribution in [0.2, 0.25) is 5.02 Å². The number of aromatic nitrogens is 4. The SMILES string of the molecule is COc1ccc2nc(-c3ccc(-n4ccccc4=O)cc3F)n(-c3ccc(Cl)cn3)c(=O)c2c1. The second-order valence-electron chi connectivity index (χ2n) is 7.37. The molecule has 0 unspecified atom stereocenters. The topological polar surface area (TPSA) is 79.0 Å². The molecule has 0 aliphatic heterocycles. The predicted molar refractivity (Wildman–Crippen MR) is 128 cm³/mol. The van der Waals surface area contributed by atoms with Gasteiger partial charge in [-0.15, -0.1) is 0 Å². The fourth-order valence-electron chi connectivity index (χ4n) is 3.66. The Morgan fingerprint density at radius 1 is 1.00 bits per heavy atom. The number of hydrogen-bond donors (Lipinski definition) is 0. The summed E-state index contributed by atoms with van der Waals surface area (Å²) >= 11 is 5.97. The van der Waals surface area contributed by atoms with Gasteiger partial charge in [0, 0.05) is 18.5 Å². The Balaban J connectivity index is 1.78. The monoisotopic (exact) mass is 474 g/mol. The van der Waals surface area contributed by atoms with Gasteiger partial charge in [-0.05, 0) is 54.6 Å².